The number of ether oxygens (including phenoxy) is 1. The van der Waals surface area contributed by atoms with Gasteiger partial charge in [0.15, 0.2) is 9.84 Å². The van der Waals surface area contributed by atoms with Gasteiger partial charge in [-0.25, -0.2) is 8.42 Å². The molecule has 5 heteroatoms. The fourth-order valence-electron chi connectivity index (χ4n) is 2.49. The number of aryl methyl sites for hydroxylation is 1. The van der Waals surface area contributed by atoms with E-state index in [9.17, 15) is 8.42 Å². The van der Waals surface area contributed by atoms with Crippen molar-refractivity contribution < 1.29 is 13.2 Å². The first-order chi connectivity index (χ1) is 9.47. The van der Waals surface area contributed by atoms with Crippen LogP contribution >= 0.6 is 0 Å². The monoisotopic (exact) mass is 297 g/mol. The summed E-state index contributed by atoms with van der Waals surface area (Å²) in [5.41, 5.74) is 1.06. The minimum absolute atomic E-state index is 0.0759. The van der Waals surface area contributed by atoms with Crippen LogP contribution < -0.4 is 5.32 Å². The van der Waals surface area contributed by atoms with Gasteiger partial charge in [-0.05, 0) is 38.8 Å². The molecule has 1 saturated heterocycles. The Labute approximate surface area is 121 Å². The van der Waals surface area contributed by atoms with Crippen LogP contribution in [0.5, 0.6) is 0 Å². The highest BCUT2D eigenvalue weighted by atomic mass is 32.2. The molecular weight excluding hydrogens is 274 g/mol. The highest BCUT2D eigenvalue weighted by Gasteiger charge is 2.21. The molecule has 1 aliphatic rings. The smallest absolute Gasteiger partial charge is 0.179 e. The summed E-state index contributed by atoms with van der Waals surface area (Å²) in [6, 6.07) is 7.22. The normalized spacial score (nSPS) is 21.6. The van der Waals surface area contributed by atoms with Crippen molar-refractivity contribution in [1.29, 1.82) is 0 Å². The summed E-state index contributed by atoms with van der Waals surface area (Å²) < 4.78 is 30.0. The zero-order chi connectivity index (χ0) is 14.6. The molecule has 1 aromatic carbocycles. The molecule has 20 heavy (non-hydrogen) atoms. The van der Waals surface area contributed by atoms with Crippen LogP contribution in [0.15, 0.2) is 29.2 Å². The third-order valence-corrected chi connectivity index (χ3v) is 5.46. The van der Waals surface area contributed by atoms with Gasteiger partial charge in [0.05, 0.1) is 17.3 Å². The van der Waals surface area contributed by atoms with Crippen LogP contribution in [-0.2, 0) is 14.6 Å². The van der Waals surface area contributed by atoms with Gasteiger partial charge in [0, 0.05) is 18.7 Å². The van der Waals surface area contributed by atoms with Crippen LogP contribution in [-0.4, -0.2) is 39.5 Å². The predicted octanol–water partition coefficient (Wildman–Crippen LogP) is 1.93. The number of sulfone groups is 1. The summed E-state index contributed by atoms with van der Waals surface area (Å²) in [6.07, 6.45) is 2.09. The summed E-state index contributed by atoms with van der Waals surface area (Å²) in [7, 11) is -3.23. The fourth-order valence-corrected chi connectivity index (χ4v) is 3.99. The summed E-state index contributed by atoms with van der Waals surface area (Å²) in [5, 5.41) is 3.35. The lowest BCUT2D eigenvalue weighted by molar-refractivity contribution is 0.0679. The van der Waals surface area contributed by atoms with Crippen molar-refractivity contribution in [2.24, 2.45) is 0 Å². The second kappa shape index (κ2) is 6.70. The number of rotatable bonds is 5. The molecule has 0 bridgehead atoms. The van der Waals surface area contributed by atoms with Gasteiger partial charge in [-0.15, -0.1) is 0 Å². The molecule has 1 N–H and O–H groups in total. The second-order valence-electron chi connectivity index (χ2n) is 5.58. The van der Waals surface area contributed by atoms with Crippen molar-refractivity contribution in [3.63, 3.8) is 0 Å². The number of nitrogens with one attached hydrogen (secondary N) is 1. The lowest BCUT2D eigenvalue weighted by Crippen LogP contribution is -2.44. The third kappa shape index (κ3) is 4.30. The SMILES string of the molecule is Cc1ccc(S(=O)(=O)C[C@@H](C)N[C@H]2CCCOC2)cc1. The molecule has 0 aliphatic carbocycles. The van der Waals surface area contributed by atoms with E-state index in [-0.39, 0.29) is 17.8 Å². The van der Waals surface area contributed by atoms with Crippen LogP contribution in [0, 0.1) is 6.92 Å². The topological polar surface area (TPSA) is 55.4 Å². The van der Waals surface area contributed by atoms with Crippen LogP contribution in [0.1, 0.15) is 25.3 Å². The summed E-state index contributed by atoms with van der Waals surface area (Å²) in [4.78, 5) is 0.400. The van der Waals surface area contributed by atoms with E-state index >= 15 is 0 Å². The second-order valence-corrected chi connectivity index (χ2v) is 7.61. The van der Waals surface area contributed by atoms with Crippen molar-refractivity contribution in [2.45, 2.75) is 43.7 Å². The van der Waals surface area contributed by atoms with E-state index in [0.717, 1.165) is 25.0 Å². The molecular formula is C15H23NO3S. The summed E-state index contributed by atoms with van der Waals surface area (Å²) >= 11 is 0. The number of benzene rings is 1. The standard InChI is InChI=1S/C15H23NO3S/c1-12-5-7-15(8-6-12)20(17,18)11-13(2)16-14-4-3-9-19-10-14/h5-8,13-14,16H,3-4,9-11H2,1-2H3/t13-,14+/m1/s1. The van der Waals surface area contributed by atoms with Crippen LogP contribution in [0.25, 0.3) is 0 Å². The molecule has 1 aliphatic heterocycles. The van der Waals surface area contributed by atoms with Crippen molar-refractivity contribution in [3.05, 3.63) is 29.8 Å². The van der Waals surface area contributed by atoms with E-state index in [0.29, 0.717) is 11.5 Å². The van der Waals surface area contributed by atoms with Crippen LogP contribution in [0.3, 0.4) is 0 Å². The molecule has 0 aromatic heterocycles. The molecule has 112 valence electrons. The molecule has 0 radical (unpaired) electrons. The van der Waals surface area contributed by atoms with Gasteiger partial charge in [-0.3, -0.25) is 0 Å². The molecule has 1 heterocycles. The zero-order valence-corrected chi connectivity index (χ0v) is 12.9. The van der Waals surface area contributed by atoms with Crippen molar-refractivity contribution >= 4 is 9.84 Å². The molecule has 1 fully saturated rings. The van der Waals surface area contributed by atoms with Crippen LogP contribution in [0.4, 0.5) is 0 Å². The lowest BCUT2D eigenvalue weighted by atomic mass is 10.1. The highest BCUT2D eigenvalue weighted by molar-refractivity contribution is 7.91. The molecule has 2 atom stereocenters. The average molecular weight is 297 g/mol. The van der Waals surface area contributed by atoms with E-state index in [4.69, 9.17) is 4.74 Å². The Morgan fingerprint density at radius 1 is 1.35 bits per heavy atom. The van der Waals surface area contributed by atoms with Crippen molar-refractivity contribution in [2.75, 3.05) is 19.0 Å². The Kier molecular flexibility index (Phi) is 5.18. The third-order valence-electron chi connectivity index (χ3n) is 3.53. The molecule has 0 saturated carbocycles. The van der Waals surface area contributed by atoms with Gasteiger partial charge in [0.2, 0.25) is 0 Å². The maximum atomic E-state index is 12.3. The summed E-state index contributed by atoms with van der Waals surface area (Å²) in [6.45, 7) is 5.35. The van der Waals surface area contributed by atoms with E-state index < -0.39 is 9.84 Å². The first-order valence-electron chi connectivity index (χ1n) is 7.10. The van der Waals surface area contributed by atoms with Crippen molar-refractivity contribution in [3.8, 4) is 0 Å². The lowest BCUT2D eigenvalue weighted by Gasteiger charge is -2.26. The Balaban J connectivity index is 1.95. The molecule has 0 spiro atoms. The number of hydrogen-bond donors (Lipinski definition) is 1. The van der Waals surface area contributed by atoms with Crippen LogP contribution in [0.2, 0.25) is 0 Å². The Hall–Kier alpha value is -0.910. The zero-order valence-electron chi connectivity index (χ0n) is 12.1. The first-order valence-corrected chi connectivity index (χ1v) is 8.76. The molecule has 4 nitrogen and oxygen atoms in total. The average Bonchev–Trinajstić information content (AvgIpc) is 2.39. The molecule has 1 aromatic rings. The van der Waals surface area contributed by atoms with Gasteiger partial charge >= 0.3 is 0 Å². The largest absolute Gasteiger partial charge is 0.380 e. The minimum atomic E-state index is -3.23. The molecule has 2 rings (SSSR count). The van der Waals surface area contributed by atoms with E-state index in [2.05, 4.69) is 5.32 Å². The molecule has 0 amide bonds. The van der Waals surface area contributed by atoms with E-state index in [1.165, 1.54) is 0 Å². The minimum Gasteiger partial charge on any atom is -0.380 e. The molecule has 0 unspecified atom stereocenters. The summed E-state index contributed by atoms with van der Waals surface area (Å²) in [5.74, 6) is 0.118. The van der Waals surface area contributed by atoms with Crippen molar-refractivity contribution in [1.82, 2.24) is 5.32 Å². The van der Waals surface area contributed by atoms with E-state index in [1.807, 2.05) is 26.0 Å². The van der Waals surface area contributed by atoms with Gasteiger partial charge in [-0.2, -0.15) is 0 Å². The van der Waals surface area contributed by atoms with Gasteiger partial charge in [-0.1, -0.05) is 17.7 Å². The number of hydrogen-bond acceptors (Lipinski definition) is 4. The highest BCUT2D eigenvalue weighted by Crippen LogP contribution is 2.14. The Morgan fingerprint density at radius 3 is 2.65 bits per heavy atom. The van der Waals surface area contributed by atoms with Gasteiger partial charge in [0.25, 0.3) is 0 Å². The Bertz CT molecular complexity index is 519. The maximum absolute atomic E-state index is 12.3. The Morgan fingerprint density at radius 2 is 2.05 bits per heavy atom. The predicted molar refractivity (Wildman–Crippen MR) is 79.7 cm³/mol. The van der Waals surface area contributed by atoms with E-state index in [1.54, 1.807) is 12.1 Å². The van der Waals surface area contributed by atoms with Gasteiger partial charge in [0.1, 0.15) is 0 Å². The maximum Gasteiger partial charge on any atom is 0.179 e. The fraction of sp³-hybridized carbons (Fsp3) is 0.600. The van der Waals surface area contributed by atoms with Gasteiger partial charge < -0.3 is 10.1 Å². The quantitative estimate of drug-likeness (QED) is 0.902. The first kappa shape index (κ1) is 15.5.